The monoisotopic (exact) mass is 489 g/mol. The Balaban J connectivity index is 1.46. The molecule has 1 aliphatic rings. The Morgan fingerprint density at radius 1 is 1.06 bits per heavy atom. The fourth-order valence-corrected chi connectivity index (χ4v) is 4.09. The quantitative estimate of drug-likeness (QED) is 0.218. The Kier molecular flexibility index (Phi) is 7.79. The van der Waals surface area contributed by atoms with Gasteiger partial charge in [0.15, 0.2) is 16.7 Å². The molecular weight excluding hydrogens is 466 g/mol. The second-order valence-corrected chi connectivity index (χ2v) is 8.33. The van der Waals surface area contributed by atoms with Crippen LogP contribution in [0.25, 0.3) is 10.8 Å². The summed E-state index contributed by atoms with van der Waals surface area (Å²) in [5, 5.41) is 13.2. The number of rotatable bonds is 8. The maximum atomic E-state index is 11.9. The van der Waals surface area contributed by atoms with Gasteiger partial charge in [0.1, 0.15) is 6.61 Å². The van der Waals surface area contributed by atoms with Gasteiger partial charge in [-0.1, -0.05) is 42.5 Å². The number of esters is 1. The van der Waals surface area contributed by atoms with E-state index in [-0.39, 0.29) is 10.1 Å². The lowest BCUT2D eigenvalue weighted by Crippen LogP contribution is -2.19. The van der Waals surface area contributed by atoms with Gasteiger partial charge in [-0.3, -0.25) is 10.1 Å². The summed E-state index contributed by atoms with van der Waals surface area (Å²) in [5.41, 5.74) is 1.83. The average Bonchev–Trinajstić information content (AvgIpc) is 3.22. The first kappa shape index (κ1) is 24.0. The van der Waals surface area contributed by atoms with Crippen LogP contribution in [-0.4, -0.2) is 37.0 Å². The molecule has 0 atom stereocenters. The first-order chi connectivity index (χ1) is 17.1. The molecule has 1 amide bonds. The molecule has 0 aromatic heterocycles. The average molecular weight is 490 g/mol. The molecule has 178 valence electrons. The summed E-state index contributed by atoms with van der Waals surface area (Å²) in [5.74, 6) is 0.176. The van der Waals surface area contributed by atoms with Crippen LogP contribution in [0.2, 0.25) is 0 Å². The van der Waals surface area contributed by atoms with Gasteiger partial charge in [-0.2, -0.15) is 5.10 Å². The van der Waals surface area contributed by atoms with Gasteiger partial charge in [-0.15, -0.1) is 5.10 Å². The minimum Gasteiger partial charge on any atom is -0.490 e. The summed E-state index contributed by atoms with van der Waals surface area (Å²) in [4.78, 5) is 23.4. The number of carbonyl (C=O) groups is 2. The van der Waals surface area contributed by atoms with E-state index < -0.39 is 11.9 Å². The largest absolute Gasteiger partial charge is 0.490 e. The first-order valence-electron chi connectivity index (χ1n) is 10.8. The molecule has 1 saturated heterocycles. The van der Waals surface area contributed by atoms with Crippen LogP contribution in [0.5, 0.6) is 11.5 Å². The van der Waals surface area contributed by atoms with Gasteiger partial charge in [0.05, 0.1) is 24.8 Å². The first-order valence-corrected chi connectivity index (χ1v) is 11.6. The highest BCUT2D eigenvalue weighted by Crippen LogP contribution is 2.30. The molecule has 35 heavy (non-hydrogen) atoms. The van der Waals surface area contributed by atoms with Crippen LogP contribution in [0.1, 0.15) is 18.1 Å². The highest BCUT2D eigenvalue weighted by Gasteiger charge is 2.25. The standard InChI is InChI=1S/C26H23N3O5S/c1-3-33-22-13-17(15-27-29-26-28-25(31)23(35-26)14-24(30)32-2)11-12-21(22)34-16-19-9-6-8-18-7-4-5-10-20(18)19/h4-15H,3,16H2,1-2H3,(H,28,29,31)/b23-14+,27-15?. The molecule has 8 nitrogen and oxygen atoms in total. The minimum atomic E-state index is -0.612. The van der Waals surface area contributed by atoms with Crippen LogP contribution >= 0.6 is 11.8 Å². The van der Waals surface area contributed by atoms with Gasteiger partial charge >= 0.3 is 5.97 Å². The maximum absolute atomic E-state index is 11.9. The maximum Gasteiger partial charge on any atom is 0.331 e. The smallest absolute Gasteiger partial charge is 0.331 e. The molecule has 0 unspecified atom stereocenters. The number of hydrogen-bond acceptors (Lipinski definition) is 8. The van der Waals surface area contributed by atoms with Gasteiger partial charge < -0.3 is 14.2 Å². The van der Waals surface area contributed by atoms with Crippen molar-refractivity contribution in [3.8, 4) is 11.5 Å². The zero-order valence-corrected chi connectivity index (χ0v) is 20.0. The van der Waals surface area contributed by atoms with E-state index in [9.17, 15) is 9.59 Å². The lowest BCUT2D eigenvalue weighted by Gasteiger charge is -2.13. The lowest BCUT2D eigenvalue weighted by molar-refractivity contribution is -0.135. The minimum absolute atomic E-state index is 0.192. The van der Waals surface area contributed by atoms with Crippen molar-refractivity contribution in [2.75, 3.05) is 13.7 Å². The van der Waals surface area contributed by atoms with Crippen molar-refractivity contribution in [2.45, 2.75) is 13.5 Å². The van der Waals surface area contributed by atoms with Crippen LogP contribution in [0.4, 0.5) is 0 Å². The van der Waals surface area contributed by atoms with E-state index in [2.05, 4.69) is 44.5 Å². The molecule has 9 heteroatoms. The van der Waals surface area contributed by atoms with Gasteiger partial charge in [0, 0.05) is 6.08 Å². The number of amides is 1. The fraction of sp³-hybridized carbons (Fsp3) is 0.154. The summed E-state index contributed by atoms with van der Waals surface area (Å²) in [6.45, 7) is 2.78. The summed E-state index contributed by atoms with van der Waals surface area (Å²) >= 11 is 1.01. The second kappa shape index (κ2) is 11.3. The second-order valence-electron chi connectivity index (χ2n) is 7.30. The van der Waals surface area contributed by atoms with E-state index in [1.807, 2.05) is 43.3 Å². The molecule has 0 aliphatic carbocycles. The zero-order valence-electron chi connectivity index (χ0n) is 19.2. The van der Waals surface area contributed by atoms with Crippen LogP contribution in [0.15, 0.2) is 81.8 Å². The molecule has 0 spiro atoms. The molecule has 3 aromatic rings. The van der Waals surface area contributed by atoms with E-state index in [1.54, 1.807) is 6.21 Å². The molecule has 0 radical (unpaired) electrons. The Labute approximate surface area is 206 Å². The van der Waals surface area contributed by atoms with Crippen molar-refractivity contribution in [2.24, 2.45) is 10.2 Å². The molecule has 0 bridgehead atoms. The molecule has 0 saturated carbocycles. The Bertz CT molecular complexity index is 1340. The number of nitrogens with one attached hydrogen (secondary N) is 1. The van der Waals surface area contributed by atoms with E-state index in [4.69, 9.17) is 9.47 Å². The molecule has 1 heterocycles. The lowest BCUT2D eigenvalue weighted by atomic mass is 10.1. The number of methoxy groups -OCH3 is 1. The van der Waals surface area contributed by atoms with Gasteiger partial charge in [-0.05, 0) is 58.8 Å². The Morgan fingerprint density at radius 2 is 1.89 bits per heavy atom. The van der Waals surface area contributed by atoms with Crippen LogP contribution in [0.3, 0.4) is 0 Å². The topological polar surface area (TPSA) is 98.6 Å². The van der Waals surface area contributed by atoms with Crippen molar-refractivity contribution in [3.63, 3.8) is 0 Å². The molecular formula is C26H23N3O5S. The number of carbonyl (C=O) groups excluding carboxylic acids is 2. The van der Waals surface area contributed by atoms with Gasteiger partial charge in [-0.25, -0.2) is 4.79 Å². The van der Waals surface area contributed by atoms with Crippen LogP contribution in [0, 0.1) is 0 Å². The number of ether oxygens (including phenoxy) is 3. The van der Waals surface area contributed by atoms with E-state index in [0.717, 1.165) is 39.7 Å². The number of benzene rings is 3. The molecule has 4 rings (SSSR count). The fourth-order valence-electron chi connectivity index (χ4n) is 3.36. The number of thioether (sulfide) groups is 1. The third kappa shape index (κ3) is 6.07. The van der Waals surface area contributed by atoms with Crippen molar-refractivity contribution < 1.29 is 23.8 Å². The summed E-state index contributed by atoms with van der Waals surface area (Å²) in [7, 11) is 1.24. The van der Waals surface area contributed by atoms with E-state index in [1.165, 1.54) is 7.11 Å². The SMILES string of the molecule is CCOc1cc(C=N/N=C2/NC(=O)/C(=C\C(=O)OC)S2)ccc1OCc1cccc2ccccc12. The predicted octanol–water partition coefficient (Wildman–Crippen LogP) is 4.43. The van der Waals surface area contributed by atoms with Crippen molar-refractivity contribution >= 4 is 45.8 Å². The highest BCUT2D eigenvalue weighted by molar-refractivity contribution is 8.18. The molecule has 1 fully saturated rings. The van der Waals surface area contributed by atoms with Gasteiger partial charge in [0.2, 0.25) is 0 Å². The number of amidine groups is 1. The van der Waals surface area contributed by atoms with Gasteiger partial charge in [0.25, 0.3) is 5.91 Å². The summed E-state index contributed by atoms with van der Waals surface area (Å²) in [6, 6.07) is 19.8. The summed E-state index contributed by atoms with van der Waals surface area (Å²) in [6.07, 6.45) is 2.65. The normalized spacial score (nSPS) is 15.7. The zero-order chi connectivity index (χ0) is 24.6. The summed E-state index contributed by atoms with van der Waals surface area (Å²) < 4.78 is 16.4. The van der Waals surface area contributed by atoms with Crippen molar-refractivity contribution in [3.05, 3.63) is 82.8 Å². The highest BCUT2D eigenvalue weighted by atomic mass is 32.2. The molecule has 1 aliphatic heterocycles. The predicted molar refractivity (Wildman–Crippen MR) is 137 cm³/mol. The van der Waals surface area contributed by atoms with E-state index in [0.29, 0.717) is 24.7 Å². The van der Waals surface area contributed by atoms with Crippen molar-refractivity contribution in [1.82, 2.24) is 5.32 Å². The number of hydrogen-bond donors (Lipinski definition) is 1. The van der Waals surface area contributed by atoms with Crippen LogP contribution in [-0.2, 0) is 20.9 Å². The molecule has 3 aromatic carbocycles. The Hall–Kier alpha value is -4.11. The Morgan fingerprint density at radius 3 is 2.71 bits per heavy atom. The number of fused-ring (bicyclic) bond motifs is 1. The third-order valence-electron chi connectivity index (χ3n) is 4.99. The number of nitrogens with zero attached hydrogens (tertiary/aromatic N) is 2. The molecule has 1 N–H and O–H groups in total. The van der Waals surface area contributed by atoms with Crippen LogP contribution < -0.4 is 14.8 Å². The third-order valence-corrected chi connectivity index (χ3v) is 5.89. The van der Waals surface area contributed by atoms with Crippen molar-refractivity contribution in [1.29, 1.82) is 0 Å². The van der Waals surface area contributed by atoms with E-state index >= 15 is 0 Å².